The zero-order chi connectivity index (χ0) is 25.0. The molecule has 4 rings (SSSR count). The van der Waals surface area contributed by atoms with Gasteiger partial charge in [0.05, 0.1) is 11.4 Å². The van der Waals surface area contributed by atoms with Crippen molar-refractivity contribution >= 4 is 21.5 Å². The largest absolute Gasteiger partial charge is 0.490 e. The van der Waals surface area contributed by atoms with Crippen LogP contribution in [0.5, 0.6) is 5.75 Å². The molecule has 1 saturated heterocycles. The third-order valence-electron chi connectivity index (χ3n) is 6.35. The van der Waals surface area contributed by atoms with Crippen molar-refractivity contribution in [3.05, 3.63) is 65.1 Å². The Bertz CT molecular complexity index is 1270. The second-order valence-electron chi connectivity index (χ2n) is 9.05. The summed E-state index contributed by atoms with van der Waals surface area (Å²) in [5, 5.41) is 3.45. The summed E-state index contributed by atoms with van der Waals surface area (Å²) in [4.78, 5) is 15.4. The number of benzene rings is 1. The van der Waals surface area contributed by atoms with Crippen molar-refractivity contribution in [2.45, 2.75) is 57.7 Å². The molecule has 1 aliphatic rings. The molecule has 0 unspecified atom stereocenters. The van der Waals surface area contributed by atoms with E-state index in [0.29, 0.717) is 12.2 Å². The first-order valence-corrected chi connectivity index (χ1v) is 13.9. The third kappa shape index (κ3) is 6.28. The quantitative estimate of drug-likeness (QED) is 0.499. The first-order chi connectivity index (χ1) is 16.7. The highest BCUT2D eigenvalue weighted by molar-refractivity contribution is 7.90. The number of rotatable bonds is 8. The zero-order valence-corrected chi connectivity index (χ0v) is 21.6. The molecule has 2 aromatic heterocycles. The van der Waals surface area contributed by atoms with Gasteiger partial charge in [0.25, 0.3) is 0 Å². The Hall–Kier alpha value is -3.20. The van der Waals surface area contributed by atoms with Crippen LogP contribution in [0.3, 0.4) is 0 Å². The fourth-order valence-electron chi connectivity index (χ4n) is 4.12. The summed E-state index contributed by atoms with van der Waals surface area (Å²) in [6.45, 7) is 8.35. The molecule has 35 heavy (non-hydrogen) atoms. The van der Waals surface area contributed by atoms with Crippen LogP contribution >= 0.6 is 0 Å². The number of aryl methyl sites for hydroxylation is 3. The molecule has 0 saturated carbocycles. The highest BCUT2D eigenvalue weighted by Crippen LogP contribution is 2.24. The lowest BCUT2D eigenvalue weighted by Crippen LogP contribution is -2.39. The summed E-state index contributed by atoms with van der Waals surface area (Å²) >= 11 is 0. The van der Waals surface area contributed by atoms with Crippen molar-refractivity contribution in [3.63, 3.8) is 0 Å². The molecule has 1 aromatic carbocycles. The molecule has 1 N–H and O–H groups in total. The smallest absolute Gasteiger partial charge is 0.225 e. The van der Waals surface area contributed by atoms with Crippen LogP contribution in [0.25, 0.3) is 0 Å². The van der Waals surface area contributed by atoms with E-state index in [0.717, 1.165) is 72.7 Å². The van der Waals surface area contributed by atoms with Gasteiger partial charge in [-0.15, -0.1) is 0 Å². The zero-order valence-electron chi connectivity index (χ0n) is 20.8. The van der Waals surface area contributed by atoms with Crippen LogP contribution < -0.4 is 15.0 Å². The number of pyridine rings is 1. The Labute approximate surface area is 207 Å². The van der Waals surface area contributed by atoms with Gasteiger partial charge in [0.15, 0.2) is 14.9 Å². The number of anilines is 2. The van der Waals surface area contributed by atoms with Gasteiger partial charge >= 0.3 is 0 Å². The van der Waals surface area contributed by atoms with E-state index in [1.807, 2.05) is 18.5 Å². The fourth-order valence-corrected chi connectivity index (χ4v) is 4.74. The summed E-state index contributed by atoms with van der Waals surface area (Å²) in [5.74, 6) is 1.67. The van der Waals surface area contributed by atoms with Gasteiger partial charge < -0.3 is 15.0 Å². The molecule has 186 valence electrons. The maximum atomic E-state index is 11.7. The Morgan fingerprint density at radius 1 is 1.09 bits per heavy atom. The summed E-state index contributed by atoms with van der Waals surface area (Å²) in [6, 6.07) is 9.46. The van der Waals surface area contributed by atoms with E-state index >= 15 is 0 Å². The van der Waals surface area contributed by atoms with Crippen molar-refractivity contribution in [3.8, 4) is 5.75 Å². The van der Waals surface area contributed by atoms with E-state index < -0.39 is 9.84 Å². The van der Waals surface area contributed by atoms with Gasteiger partial charge in [-0.2, -0.15) is 0 Å². The van der Waals surface area contributed by atoms with E-state index in [-0.39, 0.29) is 11.1 Å². The molecule has 0 bridgehead atoms. The SMILES string of the molecule is CCc1cnc(N2CCC(Oc3ccc(CNc4ccc(S(C)(=O)=O)nc4C)c(C)c3)CC2)nc1. The van der Waals surface area contributed by atoms with Gasteiger partial charge in [0, 0.05) is 51.1 Å². The Kier molecular flexibility index (Phi) is 7.54. The van der Waals surface area contributed by atoms with Crippen molar-refractivity contribution in [2.24, 2.45) is 0 Å². The lowest BCUT2D eigenvalue weighted by Gasteiger charge is -2.32. The lowest BCUT2D eigenvalue weighted by atomic mass is 10.1. The minimum Gasteiger partial charge on any atom is -0.490 e. The predicted octanol–water partition coefficient (Wildman–Crippen LogP) is 4.11. The number of nitrogens with zero attached hydrogens (tertiary/aromatic N) is 4. The molecule has 9 heteroatoms. The van der Waals surface area contributed by atoms with Gasteiger partial charge in [0.2, 0.25) is 5.95 Å². The monoisotopic (exact) mass is 495 g/mol. The molecular weight excluding hydrogens is 462 g/mol. The Morgan fingerprint density at radius 2 is 1.80 bits per heavy atom. The van der Waals surface area contributed by atoms with Crippen molar-refractivity contribution in [2.75, 3.05) is 29.6 Å². The Morgan fingerprint density at radius 3 is 2.40 bits per heavy atom. The van der Waals surface area contributed by atoms with Crippen LogP contribution in [0.4, 0.5) is 11.6 Å². The van der Waals surface area contributed by atoms with Crippen molar-refractivity contribution in [1.29, 1.82) is 0 Å². The molecule has 0 radical (unpaired) electrons. The second-order valence-corrected chi connectivity index (χ2v) is 11.0. The van der Waals surface area contributed by atoms with Gasteiger partial charge in [0.1, 0.15) is 11.9 Å². The number of piperidine rings is 1. The molecule has 0 aliphatic carbocycles. The molecule has 0 spiro atoms. The number of hydrogen-bond acceptors (Lipinski definition) is 8. The van der Waals surface area contributed by atoms with Crippen molar-refractivity contribution < 1.29 is 13.2 Å². The molecule has 1 aliphatic heterocycles. The molecule has 3 heterocycles. The summed E-state index contributed by atoms with van der Waals surface area (Å²) < 4.78 is 29.7. The predicted molar refractivity (Wildman–Crippen MR) is 138 cm³/mol. The van der Waals surface area contributed by atoms with Crippen molar-refractivity contribution in [1.82, 2.24) is 15.0 Å². The highest BCUT2D eigenvalue weighted by atomic mass is 32.2. The number of aromatic nitrogens is 3. The maximum absolute atomic E-state index is 11.7. The fraction of sp³-hybridized carbons (Fsp3) is 0.423. The van der Waals surface area contributed by atoms with E-state index in [1.165, 1.54) is 6.07 Å². The van der Waals surface area contributed by atoms with Crippen LogP contribution in [0.15, 0.2) is 47.8 Å². The maximum Gasteiger partial charge on any atom is 0.225 e. The first-order valence-electron chi connectivity index (χ1n) is 12.0. The second kappa shape index (κ2) is 10.6. The van der Waals surface area contributed by atoms with Gasteiger partial charge in [-0.25, -0.2) is 23.4 Å². The third-order valence-corrected chi connectivity index (χ3v) is 7.34. The van der Waals surface area contributed by atoms with Crippen LogP contribution in [0, 0.1) is 13.8 Å². The molecule has 8 nitrogen and oxygen atoms in total. The van der Waals surface area contributed by atoms with Gasteiger partial charge in [-0.05, 0) is 61.2 Å². The van der Waals surface area contributed by atoms with E-state index in [1.54, 1.807) is 13.0 Å². The number of nitrogens with one attached hydrogen (secondary N) is 1. The number of sulfone groups is 1. The van der Waals surface area contributed by atoms with Crippen LogP contribution in [0.2, 0.25) is 0 Å². The molecule has 0 atom stereocenters. The van der Waals surface area contributed by atoms with Crippen LogP contribution in [-0.4, -0.2) is 48.8 Å². The summed E-state index contributed by atoms with van der Waals surface area (Å²) in [7, 11) is -3.31. The summed E-state index contributed by atoms with van der Waals surface area (Å²) in [5.41, 5.74) is 4.90. The average molecular weight is 496 g/mol. The van der Waals surface area contributed by atoms with Gasteiger partial charge in [-0.3, -0.25) is 0 Å². The first kappa shape index (κ1) is 24.9. The molecule has 0 amide bonds. The van der Waals surface area contributed by atoms with E-state index in [4.69, 9.17) is 4.74 Å². The van der Waals surface area contributed by atoms with E-state index in [2.05, 4.69) is 51.1 Å². The lowest BCUT2D eigenvalue weighted by molar-refractivity contribution is 0.170. The number of hydrogen-bond donors (Lipinski definition) is 1. The van der Waals surface area contributed by atoms with Crippen LogP contribution in [0.1, 0.15) is 42.1 Å². The van der Waals surface area contributed by atoms with E-state index in [9.17, 15) is 8.42 Å². The average Bonchev–Trinajstić information content (AvgIpc) is 2.84. The number of ether oxygens (including phenoxy) is 1. The highest BCUT2D eigenvalue weighted by Gasteiger charge is 2.22. The normalized spacial score (nSPS) is 14.7. The molecule has 3 aromatic rings. The standard InChI is InChI=1S/C26H33N5O3S/c1-5-20-15-28-26(29-16-20)31-12-10-22(11-13-31)34-23-7-6-21(18(2)14-23)17-27-24-8-9-25(30-19(24)3)35(4,32)33/h6-9,14-16,22,27H,5,10-13,17H2,1-4H3. The Balaban J connectivity index is 1.31. The summed E-state index contributed by atoms with van der Waals surface area (Å²) in [6.07, 6.45) is 7.96. The van der Waals surface area contributed by atoms with Crippen LogP contribution in [-0.2, 0) is 22.8 Å². The minimum absolute atomic E-state index is 0.0889. The molecule has 1 fully saturated rings. The molecular formula is C26H33N5O3S. The van der Waals surface area contributed by atoms with Gasteiger partial charge in [-0.1, -0.05) is 13.0 Å². The topological polar surface area (TPSA) is 97.3 Å². The minimum atomic E-state index is -3.31.